The van der Waals surface area contributed by atoms with E-state index in [1.165, 1.54) is 32.2 Å². The van der Waals surface area contributed by atoms with Crippen LogP contribution in [0.1, 0.15) is 12.5 Å². The molecule has 0 aliphatic rings. The minimum Gasteiger partial charge on any atom is -0.497 e. The maximum absolute atomic E-state index is 12.7. The highest BCUT2D eigenvalue weighted by Crippen LogP contribution is 2.29. The van der Waals surface area contributed by atoms with Crippen LogP contribution in [0.4, 0.5) is 13.2 Å². The lowest BCUT2D eigenvalue weighted by Crippen LogP contribution is -2.47. The van der Waals surface area contributed by atoms with Crippen LogP contribution in [0.15, 0.2) is 18.2 Å². The zero-order chi connectivity index (χ0) is 14.6. The summed E-state index contributed by atoms with van der Waals surface area (Å²) in [7, 11) is 1.34. The Bertz CT molecular complexity index is 481. The van der Waals surface area contributed by atoms with Crippen molar-refractivity contribution in [3.8, 4) is 17.6 Å². The van der Waals surface area contributed by atoms with E-state index in [1.807, 2.05) is 6.07 Å². The number of hydrogen-bond donors (Lipinski definition) is 1. The molecule has 0 spiro atoms. The number of benzene rings is 1. The molecule has 1 aromatic carbocycles. The van der Waals surface area contributed by atoms with Crippen LogP contribution in [0.3, 0.4) is 0 Å². The Morgan fingerprint density at radius 2 is 1.84 bits per heavy atom. The Labute approximate surface area is 108 Å². The normalized spacial score (nSPS) is 14.4. The van der Waals surface area contributed by atoms with Crippen molar-refractivity contribution in [2.75, 3.05) is 7.11 Å². The first-order valence-corrected chi connectivity index (χ1v) is 5.36. The fourth-order valence-electron chi connectivity index (χ4n) is 1.44. The highest BCUT2D eigenvalue weighted by atomic mass is 19.4. The van der Waals surface area contributed by atoms with E-state index in [2.05, 4.69) is 0 Å². The van der Waals surface area contributed by atoms with E-state index in [-0.39, 0.29) is 17.1 Å². The number of nitrogens with zero attached hydrogens (tertiary/aromatic N) is 1. The molecule has 2 unspecified atom stereocenters. The number of alkyl halides is 3. The second-order valence-corrected chi connectivity index (χ2v) is 3.95. The smallest absolute Gasteiger partial charge is 0.426 e. The monoisotopic (exact) mass is 274 g/mol. The summed E-state index contributed by atoms with van der Waals surface area (Å²) in [4.78, 5) is 0. The summed E-state index contributed by atoms with van der Waals surface area (Å²) < 4.78 is 47.9. The van der Waals surface area contributed by atoms with Gasteiger partial charge in [0.25, 0.3) is 0 Å². The van der Waals surface area contributed by atoms with Gasteiger partial charge in [0.05, 0.1) is 18.7 Å². The van der Waals surface area contributed by atoms with Gasteiger partial charge in [0.1, 0.15) is 11.5 Å². The van der Waals surface area contributed by atoms with E-state index in [0.29, 0.717) is 0 Å². The van der Waals surface area contributed by atoms with Gasteiger partial charge in [-0.15, -0.1) is 0 Å². The van der Waals surface area contributed by atoms with Crippen LogP contribution < -0.4 is 15.2 Å². The molecule has 2 atom stereocenters. The van der Waals surface area contributed by atoms with Crippen LogP contribution in [-0.4, -0.2) is 25.4 Å². The molecule has 0 aromatic heterocycles. The maximum atomic E-state index is 12.7. The Morgan fingerprint density at radius 3 is 2.26 bits per heavy atom. The average Bonchev–Trinajstić information content (AvgIpc) is 2.33. The quantitative estimate of drug-likeness (QED) is 0.914. The van der Waals surface area contributed by atoms with Crippen LogP contribution in [0, 0.1) is 11.3 Å². The fourth-order valence-corrected chi connectivity index (χ4v) is 1.44. The average molecular weight is 274 g/mol. The highest BCUT2D eigenvalue weighted by Gasteiger charge is 2.44. The van der Waals surface area contributed by atoms with Crippen LogP contribution in [-0.2, 0) is 0 Å². The summed E-state index contributed by atoms with van der Waals surface area (Å²) in [5.74, 6) is 0.121. The topological polar surface area (TPSA) is 68.3 Å². The third-order valence-corrected chi connectivity index (χ3v) is 2.31. The molecule has 0 fully saturated rings. The van der Waals surface area contributed by atoms with Gasteiger partial charge in [-0.2, -0.15) is 18.4 Å². The van der Waals surface area contributed by atoms with E-state index in [0.717, 1.165) is 0 Å². The number of halogens is 3. The Kier molecular flexibility index (Phi) is 4.62. The lowest BCUT2D eigenvalue weighted by molar-refractivity contribution is -0.199. The van der Waals surface area contributed by atoms with Crippen LogP contribution in [0.25, 0.3) is 0 Å². The van der Waals surface area contributed by atoms with Gasteiger partial charge in [-0.3, -0.25) is 0 Å². The van der Waals surface area contributed by atoms with Crippen LogP contribution in [0.5, 0.6) is 11.5 Å². The SMILES string of the molecule is COc1cc(C#N)cc(OC(C(C)N)C(F)(F)F)c1. The van der Waals surface area contributed by atoms with E-state index in [9.17, 15) is 13.2 Å². The summed E-state index contributed by atoms with van der Waals surface area (Å²) in [6.07, 6.45) is -6.74. The van der Waals surface area contributed by atoms with Crippen molar-refractivity contribution >= 4 is 0 Å². The number of hydrogen-bond acceptors (Lipinski definition) is 4. The van der Waals surface area contributed by atoms with Gasteiger partial charge in [0, 0.05) is 12.1 Å². The summed E-state index contributed by atoms with van der Waals surface area (Å²) in [6.45, 7) is 1.20. The van der Waals surface area contributed by atoms with Crippen molar-refractivity contribution < 1.29 is 22.6 Å². The largest absolute Gasteiger partial charge is 0.497 e. The van der Waals surface area contributed by atoms with E-state index < -0.39 is 18.3 Å². The molecule has 0 heterocycles. The minimum atomic E-state index is -4.59. The minimum absolute atomic E-state index is 0.115. The molecule has 0 saturated heterocycles. The first-order chi connectivity index (χ1) is 8.77. The molecule has 7 heteroatoms. The lowest BCUT2D eigenvalue weighted by atomic mass is 10.1. The van der Waals surface area contributed by atoms with E-state index in [1.54, 1.807) is 0 Å². The summed E-state index contributed by atoms with van der Waals surface area (Å²) >= 11 is 0. The first-order valence-electron chi connectivity index (χ1n) is 5.36. The second-order valence-electron chi connectivity index (χ2n) is 3.95. The molecular weight excluding hydrogens is 261 g/mol. The molecule has 0 aliphatic carbocycles. The Morgan fingerprint density at radius 1 is 1.26 bits per heavy atom. The number of methoxy groups -OCH3 is 1. The first kappa shape index (κ1) is 15.1. The third kappa shape index (κ3) is 4.03. The van der Waals surface area contributed by atoms with Crippen molar-refractivity contribution in [1.29, 1.82) is 5.26 Å². The summed E-state index contributed by atoms with van der Waals surface area (Å²) in [6, 6.07) is 4.43. The zero-order valence-corrected chi connectivity index (χ0v) is 10.4. The van der Waals surface area contributed by atoms with Gasteiger partial charge in [0.15, 0.2) is 0 Å². The molecule has 1 rings (SSSR count). The van der Waals surface area contributed by atoms with Gasteiger partial charge in [-0.05, 0) is 19.1 Å². The molecule has 0 bridgehead atoms. The molecule has 0 amide bonds. The maximum Gasteiger partial charge on any atom is 0.426 e. The van der Waals surface area contributed by atoms with Crippen molar-refractivity contribution in [2.24, 2.45) is 5.73 Å². The number of nitrogens with two attached hydrogens (primary N) is 1. The summed E-state index contributed by atoms with van der Waals surface area (Å²) in [5, 5.41) is 8.78. The lowest BCUT2D eigenvalue weighted by Gasteiger charge is -2.25. The highest BCUT2D eigenvalue weighted by molar-refractivity contribution is 5.44. The Balaban J connectivity index is 3.06. The van der Waals surface area contributed by atoms with Gasteiger partial charge >= 0.3 is 6.18 Å². The van der Waals surface area contributed by atoms with Crippen LogP contribution in [0.2, 0.25) is 0 Å². The molecule has 4 nitrogen and oxygen atoms in total. The summed E-state index contributed by atoms with van der Waals surface area (Å²) in [5.41, 5.74) is 5.41. The molecule has 0 aliphatic heterocycles. The van der Waals surface area contributed by atoms with Crippen LogP contribution >= 0.6 is 0 Å². The van der Waals surface area contributed by atoms with Gasteiger partial charge in [-0.1, -0.05) is 0 Å². The molecule has 2 N–H and O–H groups in total. The molecular formula is C12H13F3N2O2. The standard InChI is InChI=1S/C12H13F3N2O2/c1-7(17)11(12(13,14)15)19-10-4-8(6-16)3-9(5-10)18-2/h3-5,7,11H,17H2,1-2H3. The molecule has 0 radical (unpaired) electrons. The molecule has 0 saturated carbocycles. The predicted molar refractivity (Wildman–Crippen MR) is 61.8 cm³/mol. The number of nitriles is 1. The molecule has 104 valence electrons. The second kappa shape index (κ2) is 5.80. The molecule has 1 aromatic rings. The van der Waals surface area contributed by atoms with Gasteiger partial charge < -0.3 is 15.2 Å². The third-order valence-electron chi connectivity index (χ3n) is 2.31. The Hall–Kier alpha value is -1.94. The fraction of sp³-hybridized carbons (Fsp3) is 0.417. The van der Waals surface area contributed by atoms with E-state index >= 15 is 0 Å². The molecule has 19 heavy (non-hydrogen) atoms. The van der Waals surface area contributed by atoms with Gasteiger partial charge in [0.2, 0.25) is 6.10 Å². The van der Waals surface area contributed by atoms with Gasteiger partial charge in [-0.25, -0.2) is 0 Å². The predicted octanol–water partition coefficient (Wildman–Crippen LogP) is 2.22. The van der Waals surface area contributed by atoms with Crippen molar-refractivity contribution in [3.63, 3.8) is 0 Å². The number of rotatable bonds is 4. The van der Waals surface area contributed by atoms with Crippen molar-refractivity contribution in [3.05, 3.63) is 23.8 Å². The zero-order valence-electron chi connectivity index (χ0n) is 10.4. The number of ether oxygens (including phenoxy) is 2. The van der Waals surface area contributed by atoms with Crippen molar-refractivity contribution in [2.45, 2.75) is 25.2 Å². The van der Waals surface area contributed by atoms with E-state index in [4.69, 9.17) is 20.5 Å². The van der Waals surface area contributed by atoms with Crippen molar-refractivity contribution in [1.82, 2.24) is 0 Å².